The molecule has 142 valence electrons. The number of amidine groups is 1. The van der Waals surface area contributed by atoms with E-state index in [9.17, 15) is 9.59 Å². The second-order valence-corrected chi connectivity index (χ2v) is 7.07. The molecule has 0 N–H and O–H groups in total. The molecular formula is C21H15N5O2S. The van der Waals surface area contributed by atoms with Gasteiger partial charge in [0, 0.05) is 36.3 Å². The molecule has 1 aromatic heterocycles. The third-order valence-corrected chi connectivity index (χ3v) is 4.98. The van der Waals surface area contributed by atoms with Crippen molar-refractivity contribution in [3.05, 3.63) is 102 Å². The minimum atomic E-state index is -0.451. The van der Waals surface area contributed by atoms with Gasteiger partial charge in [0.1, 0.15) is 0 Å². The summed E-state index contributed by atoms with van der Waals surface area (Å²) in [6.45, 7) is 0. The molecule has 0 aliphatic carbocycles. The number of allylic oxidation sites excluding steroid dienone is 2. The van der Waals surface area contributed by atoms with Crippen LogP contribution < -0.4 is 0 Å². The lowest BCUT2D eigenvalue weighted by Crippen LogP contribution is -2.21. The monoisotopic (exact) mass is 401 g/mol. The standard InChI is InChI=1S/C21H15N5O2S/c27-20(17-4-2-1-3-5-17)25-23-14-18-19(24-21(28)29-18)26-12-8-16(9-13-26)15-6-10-22-11-7-15/h1-14,16H/b18-14-,25-23?. The summed E-state index contributed by atoms with van der Waals surface area (Å²) >= 11 is 0.948. The van der Waals surface area contributed by atoms with Crippen LogP contribution in [0.3, 0.4) is 0 Å². The number of carbonyl (C=O) groups excluding carboxylic acids is 2. The lowest BCUT2D eigenvalue weighted by atomic mass is 9.99. The van der Waals surface area contributed by atoms with E-state index in [-0.39, 0.29) is 11.2 Å². The van der Waals surface area contributed by atoms with Crippen LogP contribution in [0, 0.1) is 0 Å². The van der Waals surface area contributed by atoms with E-state index < -0.39 is 5.91 Å². The highest BCUT2D eigenvalue weighted by atomic mass is 32.2. The van der Waals surface area contributed by atoms with Crippen LogP contribution in [0.2, 0.25) is 0 Å². The molecule has 1 aromatic carbocycles. The van der Waals surface area contributed by atoms with E-state index in [1.807, 2.05) is 42.8 Å². The molecule has 0 spiro atoms. The topological polar surface area (TPSA) is 87.3 Å². The number of nitrogens with zero attached hydrogens (tertiary/aromatic N) is 5. The van der Waals surface area contributed by atoms with Crippen LogP contribution in [0.5, 0.6) is 0 Å². The van der Waals surface area contributed by atoms with Gasteiger partial charge >= 0.3 is 5.24 Å². The molecule has 29 heavy (non-hydrogen) atoms. The van der Waals surface area contributed by atoms with Crippen LogP contribution in [0.4, 0.5) is 4.79 Å². The van der Waals surface area contributed by atoms with Crippen molar-refractivity contribution in [3.8, 4) is 0 Å². The predicted octanol–water partition coefficient (Wildman–Crippen LogP) is 4.91. The molecule has 2 aliphatic rings. The van der Waals surface area contributed by atoms with Crippen LogP contribution in [0.1, 0.15) is 21.8 Å². The van der Waals surface area contributed by atoms with Crippen LogP contribution in [0.15, 0.2) is 106 Å². The SMILES string of the molecule is O=C1N=C(N2C=CC(c3ccncc3)C=C2)/C(=C/N=NC(=O)c2ccccc2)S1. The number of thioether (sulfide) groups is 1. The maximum atomic E-state index is 12.0. The Bertz CT molecular complexity index is 1060. The number of aliphatic imine (C=N–C) groups is 1. The maximum absolute atomic E-state index is 12.0. The minimum absolute atomic E-state index is 0.121. The molecule has 2 aromatic rings. The highest BCUT2D eigenvalue weighted by Gasteiger charge is 2.26. The van der Waals surface area contributed by atoms with Crippen LogP contribution in [-0.2, 0) is 0 Å². The Labute approximate surface area is 171 Å². The largest absolute Gasteiger partial charge is 0.311 e. The van der Waals surface area contributed by atoms with Crippen LogP contribution in [-0.4, -0.2) is 26.9 Å². The van der Waals surface area contributed by atoms with Gasteiger partial charge in [-0.25, -0.2) is 0 Å². The van der Waals surface area contributed by atoms with E-state index in [0.29, 0.717) is 16.3 Å². The number of aromatic nitrogens is 1. The second-order valence-electron chi connectivity index (χ2n) is 6.08. The summed E-state index contributed by atoms with van der Waals surface area (Å²) in [6.07, 6.45) is 12.6. The first-order valence-electron chi connectivity index (χ1n) is 8.77. The number of pyridine rings is 1. The molecule has 2 aliphatic heterocycles. The third-order valence-electron chi connectivity index (χ3n) is 4.20. The van der Waals surface area contributed by atoms with Crippen molar-refractivity contribution >= 4 is 28.7 Å². The van der Waals surface area contributed by atoms with Gasteiger partial charge in [-0.1, -0.05) is 30.4 Å². The fourth-order valence-electron chi connectivity index (χ4n) is 2.78. The average molecular weight is 401 g/mol. The highest BCUT2D eigenvalue weighted by Crippen LogP contribution is 2.31. The Hall–Kier alpha value is -3.65. The molecule has 0 radical (unpaired) electrons. The molecular weight excluding hydrogens is 386 g/mol. The number of rotatable bonds is 3. The van der Waals surface area contributed by atoms with E-state index in [0.717, 1.165) is 17.3 Å². The number of carbonyl (C=O) groups is 2. The summed E-state index contributed by atoms with van der Waals surface area (Å²) in [6, 6.07) is 12.6. The van der Waals surface area contributed by atoms with Gasteiger partial charge in [0.25, 0.3) is 5.91 Å². The summed E-state index contributed by atoms with van der Waals surface area (Å²) in [7, 11) is 0. The Balaban J connectivity index is 1.47. The van der Waals surface area contributed by atoms with Gasteiger partial charge in [-0.3, -0.25) is 14.6 Å². The first-order chi connectivity index (χ1) is 14.2. The van der Waals surface area contributed by atoms with Gasteiger partial charge < -0.3 is 4.90 Å². The number of azo groups is 1. The normalized spacial score (nSPS) is 18.1. The van der Waals surface area contributed by atoms with Gasteiger partial charge in [0.2, 0.25) is 0 Å². The third kappa shape index (κ3) is 4.44. The van der Waals surface area contributed by atoms with Gasteiger partial charge in [-0.2, -0.15) is 10.1 Å². The van der Waals surface area contributed by atoms with Crippen molar-refractivity contribution in [2.45, 2.75) is 5.92 Å². The highest BCUT2D eigenvalue weighted by molar-refractivity contribution is 8.18. The number of hydrogen-bond donors (Lipinski definition) is 0. The summed E-state index contributed by atoms with van der Waals surface area (Å²) in [5.41, 5.74) is 1.57. The van der Waals surface area contributed by atoms with Crippen molar-refractivity contribution in [3.63, 3.8) is 0 Å². The first-order valence-corrected chi connectivity index (χ1v) is 9.58. The maximum Gasteiger partial charge on any atom is 0.311 e. The van der Waals surface area contributed by atoms with E-state index in [1.165, 1.54) is 6.20 Å². The van der Waals surface area contributed by atoms with E-state index in [2.05, 4.69) is 20.2 Å². The fourth-order valence-corrected chi connectivity index (χ4v) is 3.44. The lowest BCUT2D eigenvalue weighted by Gasteiger charge is -2.21. The molecule has 0 fully saturated rings. The average Bonchev–Trinajstić information content (AvgIpc) is 3.15. The second kappa shape index (κ2) is 8.57. The molecule has 2 amide bonds. The number of amides is 2. The van der Waals surface area contributed by atoms with Crippen molar-refractivity contribution in [1.29, 1.82) is 0 Å². The smallest absolute Gasteiger partial charge is 0.308 e. The van der Waals surface area contributed by atoms with E-state index in [4.69, 9.17) is 0 Å². The Morgan fingerprint density at radius 2 is 1.79 bits per heavy atom. The molecule has 0 bridgehead atoms. The quantitative estimate of drug-likeness (QED) is 0.682. The van der Waals surface area contributed by atoms with Crippen molar-refractivity contribution in [2.24, 2.45) is 15.2 Å². The molecule has 8 heteroatoms. The Kier molecular flexibility index (Phi) is 5.53. The molecule has 0 saturated carbocycles. The molecule has 3 heterocycles. The zero-order valence-electron chi connectivity index (χ0n) is 15.1. The Morgan fingerprint density at radius 3 is 2.52 bits per heavy atom. The lowest BCUT2D eigenvalue weighted by molar-refractivity contribution is 0.0995. The summed E-state index contributed by atoms with van der Waals surface area (Å²) in [5, 5.41) is 7.19. The van der Waals surface area contributed by atoms with E-state index in [1.54, 1.807) is 41.6 Å². The predicted molar refractivity (Wildman–Crippen MR) is 111 cm³/mol. The van der Waals surface area contributed by atoms with Gasteiger partial charge in [-0.15, -0.1) is 5.11 Å². The summed E-state index contributed by atoms with van der Waals surface area (Å²) in [5.74, 6) is 0.121. The minimum Gasteiger partial charge on any atom is -0.308 e. The zero-order chi connectivity index (χ0) is 20.1. The first kappa shape index (κ1) is 18.7. The van der Waals surface area contributed by atoms with E-state index >= 15 is 0 Å². The van der Waals surface area contributed by atoms with Crippen molar-refractivity contribution in [2.75, 3.05) is 0 Å². The molecule has 0 atom stereocenters. The molecule has 7 nitrogen and oxygen atoms in total. The molecule has 0 unspecified atom stereocenters. The fraction of sp³-hybridized carbons (Fsp3) is 0.0476. The summed E-state index contributed by atoms with van der Waals surface area (Å²) < 4.78 is 0. The van der Waals surface area contributed by atoms with Crippen LogP contribution in [0.25, 0.3) is 0 Å². The molecule has 4 rings (SSSR count). The van der Waals surface area contributed by atoms with Crippen molar-refractivity contribution in [1.82, 2.24) is 9.88 Å². The molecule has 0 saturated heterocycles. The van der Waals surface area contributed by atoms with Crippen molar-refractivity contribution < 1.29 is 9.59 Å². The Morgan fingerprint density at radius 1 is 1.07 bits per heavy atom. The number of hydrogen-bond acceptors (Lipinski definition) is 6. The summed E-state index contributed by atoms with van der Waals surface area (Å²) in [4.78, 5) is 34.2. The van der Waals surface area contributed by atoms with Gasteiger partial charge in [0.05, 0.1) is 11.1 Å². The van der Waals surface area contributed by atoms with Crippen LogP contribution >= 0.6 is 11.8 Å². The van der Waals surface area contributed by atoms with Gasteiger partial charge in [-0.05, 0) is 41.6 Å². The van der Waals surface area contributed by atoms with Gasteiger partial charge in [0.15, 0.2) is 5.84 Å². The number of benzene rings is 1. The zero-order valence-corrected chi connectivity index (χ0v) is 15.9.